The zero-order chi connectivity index (χ0) is 18.9. The number of nitrogens with one attached hydrogen (secondary N) is 2. The number of sulfone groups is 1. The van der Waals surface area contributed by atoms with E-state index in [4.69, 9.17) is 4.42 Å². The van der Waals surface area contributed by atoms with Crippen molar-refractivity contribution in [3.8, 4) is 11.3 Å². The zero-order valence-corrected chi connectivity index (χ0v) is 14.9. The van der Waals surface area contributed by atoms with Gasteiger partial charge in [0.1, 0.15) is 23.3 Å². The van der Waals surface area contributed by atoms with Gasteiger partial charge >= 0.3 is 0 Å². The molecule has 3 rings (SSSR count). The largest absolute Gasteiger partial charge is 0.437 e. The zero-order valence-electron chi connectivity index (χ0n) is 14.0. The van der Waals surface area contributed by atoms with Crippen molar-refractivity contribution >= 4 is 32.7 Å². The SMILES string of the molecule is CNC(=O)c1c(-c2ccc(F)cc2)oc2nc(NCS(C)(=O)=O)ccc12. The number of halogens is 1. The molecule has 0 aliphatic rings. The third kappa shape index (κ3) is 3.67. The van der Waals surface area contributed by atoms with Crippen molar-refractivity contribution in [3.63, 3.8) is 0 Å². The number of carbonyl (C=O) groups excluding carboxylic acids is 1. The molecule has 1 amide bonds. The minimum absolute atomic E-state index is 0.168. The number of hydrogen-bond donors (Lipinski definition) is 2. The summed E-state index contributed by atoms with van der Waals surface area (Å²) in [5.74, 6) is -0.504. The maximum atomic E-state index is 13.2. The van der Waals surface area contributed by atoms with E-state index < -0.39 is 15.7 Å². The van der Waals surface area contributed by atoms with Gasteiger partial charge < -0.3 is 15.1 Å². The first-order chi connectivity index (χ1) is 12.3. The summed E-state index contributed by atoms with van der Waals surface area (Å²) in [7, 11) is -1.73. The second kappa shape index (κ2) is 6.75. The van der Waals surface area contributed by atoms with Gasteiger partial charge in [0.25, 0.3) is 5.91 Å². The molecule has 1 aromatic carbocycles. The van der Waals surface area contributed by atoms with Crippen LogP contribution < -0.4 is 10.6 Å². The van der Waals surface area contributed by atoms with E-state index in [9.17, 15) is 17.6 Å². The molecule has 0 spiro atoms. The van der Waals surface area contributed by atoms with Crippen molar-refractivity contribution < 1.29 is 22.0 Å². The third-order valence-corrected chi connectivity index (χ3v) is 4.30. The fourth-order valence-corrected chi connectivity index (χ4v) is 2.85. The van der Waals surface area contributed by atoms with E-state index in [2.05, 4.69) is 15.6 Å². The average molecular weight is 377 g/mol. The van der Waals surface area contributed by atoms with Crippen LogP contribution in [0.15, 0.2) is 40.8 Å². The topological polar surface area (TPSA) is 101 Å². The fraction of sp³-hybridized carbons (Fsp3) is 0.176. The van der Waals surface area contributed by atoms with Crippen molar-refractivity contribution in [2.45, 2.75) is 0 Å². The molecule has 0 saturated heterocycles. The van der Waals surface area contributed by atoms with E-state index in [1.165, 1.54) is 31.3 Å². The summed E-state index contributed by atoms with van der Waals surface area (Å²) in [6, 6.07) is 8.72. The van der Waals surface area contributed by atoms with E-state index in [-0.39, 0.29) is 28.8 Å². The average Bonchev–Trinajstić information content (AvgIpc) is 2.98. The molecule has 3 aromatic rings. The lowest BCUT2D eigenvalue weighted by Crippen LogP contribution is -2.18. The van der Waals surface area contributed by atoms with Crippen molar-refractivity contribution in [3.05, 3.63) is 47.8 Å². The number of furan rings is 1. The summed E-state index contributed by atoms with van der Waals surface area (Å²) in [4.78, 5) is 16.5. The van der Waals surface area contributed by atoms with Gasteiger partial charge in [-0.05, 0) is 36.4 Å². The molecular formula is C17H16FN3O4S. The standard InChI is InChI=1S/C17H16FN3O4S/c1-19-16(22)14-12-7-8-13(20-9-26(2,23)24)21-17(12)25-15(14)10-3-5-11(18)6-4-10/h3-8H,9H2,1-2H3,(H,19,22)(H,20,21). The number of hydrogen-bond acceptors (Lipinski definition) is 6. The highest BCUT2D eigenvalue weighted by atomic mass is 32.2. The number of pyridine rings is 1. The molecular weight excluding hydrogens is 361 g/mol. The maximum absolute atomic E-state index is 13.2. The number of amides is 1. The minimum atomic E-state index is -3.22. The lowest BCUT2D eigenvalue weighted by molar-refractivity contribution is 0.0964. The van der Waals surface area contributed by atoms with Crippen LogP contribution in [0.4, 0.5) is 10.2 Å². The summed E-state index contributed by atoms with van der Waals surface area (Å²) in [5.41, 5.74) is 0.964. The van der Waals surface area contributed by atoms with E-state index >= 15 is 0 Å². The molecule has 0 aliphatic heterocycles. The smallest absolute Gasteiger partial charge is 0.255 e. The third-order valence-electron chi connectivity index (χ3n) is 3.63. The van der Waals surface area contributed by atoms with Gasteiger partial charge in [-0.1, -0.05) is 0 Å². The predicted molar refractivity (Wildman–Crippen MR) is 96.1 cm³/mol. The van der Waals surface area contributed by atoms with Crippen molar-refractivity contribution in [1.29, 1.82) is 0 Å². The summed E-state index contributed by atoms with van der Waals surface area (Å²) in [6.45, 7) is 0. The molecule has 0 unspecified atom stereocenters. The first-order valence-corrected chi connectivity index (χ1v) is 9.67. The molecule has 2 heterocycles. The van der Waals surface area contributed by atoms with Crippen LogP contribution in [0.5, 0.6) is 0 Å². The molecule has 2 aromatic heterocycles. The Morgan fingerprint density at radius 1 is 1.19 bits per heavy atom. The summed E-state index contributed by atoms with van der Waals surface area (Å²) >= 11 is 0. The van der Waals surface area contributed by atoms with Crippen LogP contribution in [0.2, 0.25) is 0 Å². The van der Waals surface area contributed by atoms with E-state index in [0.717, 1.165) is 6.26 Å². The van der Waals surface area contributed by atoms with Gasteiger partial charge in [0.05, 0.1) is 10.9 Å². The molecule has 0 fully saturated rings. The number of carbonyl (C=O) groups is 1. The van der Waals surface area contributed by atoms with Crippen molar-refractivity contribution in [2.75, 3.05) is 24.5 Å². The molecule has 136 valence electrons. The van der Waals surface area contributed by atoms with Crippen molar-refractivity contribution in [1.82, 2.24) is 10.3 Å². The molecule has 9 heteroatoms. The summed E-state index contributed by atoms with van der Waals surface area (Å²) in [5, 5.41) is 5.70. The fourth-order valence-electron chi connectivity index (χ4n) is 2.44. The molecule has 0 atom stereocenters. The van der Waals surface area contributed by atoms with Gasteiger partial charge in [0, 0.05) is 18.9 Å². The highest BCUT2D eigenvalue weighted by Gasteiger charge is 2.22. The number of aromatic nitrogens is 1. The lowest BCUT2D eigenvalue weighted by Gasteiger charge is -2.03. The monoisotopic (exact) mass is 377 g/mol. The molecule has 7 nitrogen and oxygen atoms in total. The van der Waals surface area contributed by atoms with Gasteiger partial charge in [-0.2, -0.15) is 4.98 Å². The molecule has 0 radical (unpaired) electrons. The Morgan fingerprint density at radius 3 is 2.50 bits per heavy atom. The van der Waals surface area contributed by atoms with Crippen LogP contribution in [0.1, 0.15) is 10.4 Å². The molecule has 26 heavy (non-hydrogen) atoms. The molecule has 0 saturated carbocycles. The molecule has 0 aliphatic carbocycles. The number of rotatable bonds is 5. The first kappa shape index (κ1) is 17.9. The van der Waals surface area contributed by atoms with Crippen molar-refractivity contribution in [2.24, 2.45) is 0 Å². The Kier molecular flexibility index (Phi) is 4.64. The number of nitrogens with zero attached hydrogens (tertiary/aromatic N) is 1. The second-order valence-electron chi connectivity index (χ2n) is 5.69. The number of benzene rings is 1. The number of anilines is 1. The van der Waals surface area contributed by atoms with Gasteiger partial charge in [-0.15, -0.1) is 0 Å². The molecule has 2 N–H and O–H groups in total. The lowest BCUT2D eigenvalue weighted by atomic mass is 10.1. The normalized spacial score (nSPS) is 11.5. The van der Waals surface area contributed by atoms with Crippen LogP contribution >= 0.6 is 0 Å². The summed E-state index contributed by atoms with van der Waals surface area (Å²) in [6.07, 6.45) is 1.10. The summed E-state index contributed by atoms with van der Waals surface area (Å²) < 4.78 is 41.5. The predicted octanol–water partition coefficient (Wildman–Crippen LogP) is 2.41. The minimum Gasteiger partial charge on any atom is -0.437 e. The Bertz CT molecular complexity index is 1080. The quantitative estimate of drug-likeness (QED) is 0.708. The van der Waals surface area contributed by atoms with Gasteiger partial charge in [-0.3, -0.25) is 4.79 Å². The Labute approximate surface area is 149 Å². The van der Waals surface area contributed by atoms with Crippen LogP contribution in [0.25, 0.3) is 22.4 Å². The van der Waals surface area contributed by atoms with E-state index in [1.54, 1.807) is 12.1 Å². The van der Waals surface area contributed by atoms with E-state index in [0.29, 0.717) is 16.8 Å². The van der Waals surface area contributed by atoms with Crippen LogP contribution in [-0.2, 0) is 9.84 Å². The Balaban J connectivity index is 2.11. The van der Waals surface area contributed by atoms with Gasteiger partial charge in [-0.25, -0.2) is 12.8 Å². The van der Waals surface area contributed by atoms with Crippen LogP contribution in [0.3, 0.4) is 0 Å². The molecule has 0 bridgehead atoms. The maximum Gasteiger partial charge on any atom is 0.255 e. The van der Waals surface area contributed by atoms with E-state index in [1.807, 2.05) is 0 Å². The number of fused-ring (bicyclic) bond motifs is 1. The Hall–Kier alpha value is -2.94. The Morgan fingerprint density at radius 2 is 1.88 bits per heavy atom. The van der Waals surface area contributed by atoms with Crippen LogP contribution in [0, 0.1) is 5.82 Å². The second-order valence-corrected chi connectivity index (χ2v) is 7.83. The first-order valence-electron chi connectivity index (χ1n) is 7.61. The highest BCUT2D eigenvalue weighted by molar-refractivity contribution is 7.90. The van der Waals surface area contributed by atoms with Crippen LogP contribution in [-0.4, -0.2) is 38.5 Å². The van der Waals surface area contributed by atoms with Gasteiger partial charge in [0.15, 0.2) is 9.84 Å². The highest BCUT2D eigenvalue weighted by Crippen LogP contribution is 2.33. The van der Waals surface area contributed by atoms with Gasteiger partial charge in [0.2, 0.25) is 5.71 Å².